The van der Waals surface area contributed by atoms with Crippen LogP contribution in [0, 0.1) is 0 Å². The highest BCUT2D eigenvalue weighted by molar-refractivity contribution is 5.72. The van der Waals surface area contributed by atoms with Crippen LogP contribution in [0.5, 0.6) is 5.75 Å². The van der Waals surface area contributed by atoms with E-state index in [4.69, 9.17) is 4.74 Å². The number of H-pyrrole nitrogens is 1. The molecule has 0 spiro atoms. The largest absolute Gasteiger partial charge is 0.497 e. The molecule has 0 bridgehead atoms. The molecule has 2 nitrogen and oxygen atoms in total. The van der Waals surface area contributed by atoms with Gasteiger partial charge in [-0.15, -0.1) is 0 Å². The lowest BCUT2D eigenvalue weighted by atomic mass is 10.0. The van der Waals surface area contributed by atoms with Gasteiger partial charge in [-0.1, -0.05) is 13.8 Å². The third-order valence-corrected chi connectivity index (χ3v) is 4.01. The number of aromatic nitrogens is 1. The number of aromatic amines is 1. The molecule has 3 aromatic rings. The van der Waals surface area contributed by atoms with Crippen LogP contribution in [0.2, 0.25) is 0 Å². The molecular formula is C21H19F6NO. The molecule has 0 radical (unpaired) electrons. The average molecular weight is 415 g/mol. The van der Waals surface area contributed by atoms with Crippen molar-refractivity contribution in [2.45, 2.75) is 26.2 Å². The third-order valence-electron chi connectivity index (χ3n) is 4.01. The maximum atomic E-state index is 13.0. The zero-order chi connectivity index (χ0) is 21.8. The molecule has 29 heavy (non-hydrogen) atoms. The zero-order valence-electron chi connectivity index (χ0n) is 15.9. The predicted molar refractivity (Wildman–Crippen MR) is 99.6 cm³/mol. The highest BCUT2D eigenvalue weighted by atomic mass is 19.4. The van der Waals surface area contributed by atoms with Crippen molar-refractivity contribution in [2.75, 3.05) is 7.11 Å². The van der Waals surface area contributed by atoms with E-state index in [1.54, 1.807) is 24.3 Å². The fraction of sp³-hybridized carbons (Fsp3) is 0.238. The van der Waals surface area contributed by atoms with Gasteiger partial charge in [0.05, 0.1) is 18.2 Å². The number of alkyl halides is 6. The predicted octanol–water partition coefficient (Wildman–Crippen LogP) is 7.42. The Balaban J connectivity index is 0.00000145. The van der Waals surface area contributed by atoms with Gasteiger partial charge in [0.2, 0.25) is 0 Å². The van der Waals surface area contributed by atoms with Crippen LogP contribution < -0.4 is 4.74 Å². The van der Waals surface area contributed by atoms with E-state index in [1.165, 1.54) is 19.4 Å². The Kier molecular flexibility index (Phi) is 6.66. The Hall–Kier alpha value is -2.90. The molecule has 0 atom stereocenters. The molecule has 1 aromatic heterocycles. The lowest BCUT2D eigenvalue weighted by Gasteiger charge is -2.13. The van der Waals surface area contributed by atoms with E-state index in [-0.39, 0.29) is 17.2 Å². The molecule has 2 aromatic carbocycles. The molecule has 0 unspecified atom stereocenters. The summed E-state index contributed by atoms with van der Waals surface area (Å²) in [4.78, 5) is 2.87. The number of halogens is 6. The molecule has 0 saturated heterocycles. The summed E-state index contributed by atoms with van der Waals surface area (Å²) in [5.74, 6) is 0.623. The van der Waals surface area contributed by atoms with Crippen molar-refractivity contribution < 1.29 is 31.1 Å². The molecule has 1 N–H and O–H groups in total. The molecule has 0 saturated carbocycles. The highest BCUT2D eigenvalue weighted by Crippen LogP contribution is 2.39. The standard InChI is InChI=1S/C19H13F6NO.C2H6/c1-27-16-4-2-11(3-5-16)17-8-13(10-26-17)12-6-14(18(20,21)22)9-15(7-12)19(23,24)25;1-2/h2-10,26H,1H3;1-2H3. The van der Waals surface area contributed by atoms with Gasteiger partial charge in [-0.05, 0) is 65.2 Å². The number of benzene rings is 2. The van der Waals surface area contributed by atoms with Crippen molar-refractivity contribution in [3.05, 3.63) is 65.9 Å². The first-order valence-corrected chi connectivity index (χ1v) is 8.70. The number of hydrogen-bond acceptors (Lipinski definition) is 1. The molecule has 0 aliphatic rings. The normalized spacial score (nSPS) is 11.6. The van der Waals surface area contributed by atoms with Gasteiger partial charge in [0.25, 0.3) is 0 Å². The summed E-state index contributed by atoms with van der Waals surface area (Å²) in [6.07, 6.45) is -8.40. The Bertz CT molecular complexity index is 907. The Morgan fingerprint density at radius 3 is 1.66 bits per heavy atom. The summed E-state index contributed by atoms with van der Waals surface area (Å²) in [5.41, 5.74) is -1.38. The van der Waals surface area contributed by atoms with E-state index in [0.29, 0.717) is 29.1 Å². The van der Waals surface area contributed by atoms with Crippen LogP contribution in [-0.2, 0) is 12.4 Å². The van der Waals surface area contributed by atoms with Crippen molar-refractivity contribution in [2.24, 2.45) is 0 Å². The Morgan fingerprint density at radius 2 is 1.21 bits per heavy atom. The van der Waals surface area contributed by atoms with Gasteiger partial charge in [0.15, 0.2) is 0 Å². The van der Waals surface area contributed by atoms with Crippen molar-refractivity contribution in [3.63, 3.8) is 0 Å². The second-order valence-corrected chi connectivity index (χ2v) is 5.83. The van der Waals surface area contributed by atoms with Crippen LogP contribution in [0.1, 0.15) is 25.0 Å². The van der Waals surface area contributed by atoms with E-state index in [1.807, 2.05) is 13.8 Å². The molecular weight excluding hydrogens is 396 g/mol. The molecule has 156 valence electrons. The van der Waals surface area contributed by atoms with E-state index in [0.717, 1.165) is 0 Å². The maximum Gasteiger partial charge on any atom is 0.416 e. The quantitative estimate of drug-likeness (QED) is 0.442. The lowest BCUT2D eigenvalue weighted by molar-refractivity contribution is -0.143. The molecule has 0 fully saturated rings. The molecule has 0 aliphatic heterocycles. The minimum atomic E-state index is -4.88. The summed E-state index contributed by atoms with van der Waals surface area (Å²) in [7, 11) is 1.51. The number of hydrogen-bond donors (Lipinski definition) is 1. The molecule has 1 heterocycles. The van der Waals surface area contributed by atoms with E-state index in [9.17, 15) is 26.3 Å². The third kappa shape index (κ3) is 5.34. The molecule has 0 amide bonds. The number of ether oxygens (including phenoxy) is 1. The van der Waals surface area contributed by atoms with Crippen molar-refractivity contribution in [3.8, 4) is 28.1 Å². The van der Waals surface area contributed by atoms with E-state index < -0.39 is 23.5 Å². The topological polar surface area (TPSA) is 25.0 Å². The smallest absolute Gasteiger partial charge is 0.416 e. The zero-order valence-corrected chi connectivity index (χ0v) is 15.9. The first-order chi connectivity index (χ1) is 13.6. The van der Waals surface area contributed by atoms with E-state index >= 15 is 0 Å². The summed E-state index contributed by atoms with van der Waals surface area (Å²) in [6.45, 7) is 4.00. The van der Waals surface area contributed by atoms with Gasteiger partial charge < -0.3 is 9.72 Å². The fourth-order valence-electron chi connectivity index (χ4n) is 2.62. The Morgan fingerprint density at radius 1 is 0.690 bits per heavy atom. The van der Waals surface area contributed by atoms with Crippen molar-refractivity contribution in [1.82, 2.24) is 4.98 Å². The van der Waals surface area contributed by atoms with Gasteiger partial charge >= 0.3 is 12.4 Å². The summed E-state index contributed by atoms with van der Waals surface area (Å²) in [5, 5.41) is 0. The van der Waals surface area contributed by atoms with Crippen LogP contribution in [0.3, 0.4) is 0 Å². The number of methoxy groups -OCH3 is 1. The van der Waals surface area contributed by atoms with Crippen LogP contribution in [0.15, 0.2) is 54.7 Å². The lowest BCUT2D eigenvalue weighted by Crippen LogP contribution is -2.11. The minimum Gasteiger partial charge on any atom is -0.497 e. The van der Waals surface area contributed by atoms with Crippen molar-refractivity contribution >= 4 is 0 Å². The van der Waals surface area contributed by atoms with E-state index in [2.05, 4.69) is 4.98 Å². The number of nitrogens with one attached hydrogen (secondary N) is 1. The summed E-state index contributed by atoms with van der Waals surface area (Å²) >= 11 is 0. The van der Waals surface area contributed by atoms with Gasteiger partial charge in [-0.25, -0.2) is 0 Å². The second kappa shape index (κ2) is 8.63. The van der Waals surface area contributed by atoms with Crippen LogP contribution in [0.25, 0.3) is 22.4 Å². The van der Waals surface area contributed by atoms with Gasteiger partial charge in [-0.3, -0.25) is 0 Å². The van der Waals surface area contributed by atoms with Gasteiger partial charge in [0.1, 0.15) is 5.75 Å². The summed E-state index contributed by atoms with van der Waals surface area (Å²) in [6, 6.07) is 9.86. The molecule has 3 rings (SSSR count). The Labute approximate surface area is 164 Å². The molecule has 0 aliphatic carbocycles. The number of rotatable bonds is 3. The van der Waals surface area contributed by atoms with Gasteiger partial charge in [-0.2, -0.15) is 26.3 Å². The minimum absolute atomic E-state index is 0.112. The molecule has 8 heteroatoms. The first kappa shape index (κ1) is 22.4. The van der Waals surface area contributed by atoms with Crippen LogP contribution in [-0.4, -0.2) is 12.1 Å². The van der Waals surface area contributed by atoms with Crippen LogP contribution in [0.4, 0.5) is 26.3 Å². The maximum absolute atomic E-state index is 13.0. The van der Waals surface area contributed by atoms with Crippen LogP contribution >= 0.6 is 0 Å². The highest BCUT2D eigenvalue weighted by Gasteiger charge is 2.37. The van der Waals surface area contributed by atoms with Crippen molar-refractivity contribution in [1.29, 1.82) is 0 Å². The fourth-order valence-corrected chi connectivity index (χ4v) is 2.62. The van der Waals surface area contributed by atoms with Gasteiger partial charge in [0, 0.05) is 11.9 Å². The SMILES string of the molecule is CC.COc1ccc(-c2cc(-c3cc(C(F)(F)F)cc(C(F)(F)F)c3)c[nH]2)cc1. The first-order valence-electron chi connectivity index (χ1n) is 8.70. The summed E-state index contributed by atoms with van der Waals surface area (Å²) < 4.78 is 83.1. The monoisotopic (exact) mass is 415 g/mol. The average Bonchev–Trinajstić information content (AvgIpc) is 3.18. The second-order valence-electron chi connectivity index (χ2n) is 5.83.